The van der Waals surface area contributed by atoms with Gasteiger partial charge in [-0.25, -0.2) is 0 Å². The van der Waals surface area contributed by atoms with E-state index in [1.807, 2.05) is 79.3 Å². The average molecular weight is 1060 g/mol. The lowest BCUT2D eigenvalue weighted by Crippen LogP contribution is -1.88. The Labute approximate surface area is 482 Å². The smallest absolute Gasteiger partial charge is 0.135 e. The normalized spacial score (nSPS) is 10.9. The fourth-order valence-electron chi connectivity index (χ4n) is 9.35. The maximum Gasteiger partial charge on any atom is 0.135 e. The third kappa shape index (κ3) is 16.4. The minimum absolute atomic E-state index is 0.536. The van der Waals surface area contributed by atoms with Gasteiger partial charge in [-0.1, -0.05) is 257 Å². The number of fused-ring (bicyclic) bond motifs is 2. The van der Waals surface area contributed by atoms with E-state index in [4.69, 9.17) is 8.83 Å². The minimum atomic E-state index is 0.536. The van der Waals surface area contributed by atoms with Crippen molar-refractivity contribution < 1.29 is 8.83 Å². The van der Waals surface area contributed by atoms with Gasteiger partial charge in [-0.15, -0.1) is 0 Å². The molecular weight excluding hydrogens is 985 g/mol. The monoisotopic (exact) mass is 1060 g/mol. The Morgan fingerprint density at radius 1 is 0.321 bits per heavy atom. The van der Waals surface area contributed by atoms with Crippen molar-refractivity contribution >= 4 is 21.9 Å². The molecule has 12 aromatic rings. The van der Waals surface area contributed by atoms with Crippen molar-refractivity contribution in [3.8, 4) is 56.0 Å². The fourth-order valence-corrected chi connectivity index (χ4v) is 9.35. The van der Waals surface area contributed by atoms with E-state index in [0.29, 0.717) is 29.6 Å². The van der Waals surface area contributed by atoms with E-state index < -0.39 is 0 Å². The molecule has 4 aromatic heterocycles. The SMILES string of the molecule is CC(C)c1cccc(-c2cc3ccccc3o2)c1.CC(C)c1cccc(-c2ccccc2)c1.CC(C)c1cccc(-c2ccccn2)c1.CC(C)c1cccc(-c2cccnc2)c1.CC(C)c1cccc(-c2coc3ccccc23)c1. The van der Waals surface area contributed by atoms with Crippen molar-refractivity contribution in [2.75, 3.05) is 0 Å². The summed E-state index contributed by atoms with van der Waals surface area (Å²) in [6.45, 7) is 22.1. The maximum atomic E-state index is 5.89. The Hall–Kier alpha value is -8.86. The molecule has 408 valence electrons. The molecule has 0 N–H and O–H groups in total. The summed E-state index contributed by atoms with van der Waals surface area (Å²) in [5.74, 6) is 3.75. The zero-order valence-corrected chi connectivity index (χ0v) is 48.9. The third-order valence-corrected chi connectivity index (χ3v) is 14.3. The lowest BCUT2D eigenvalue weighted by atomic mass is 9.97. The van der Waals surface area contributed by atoms with Crippen LogP contribution in [0.4, 0.5) is 0 Å². The molecule has 81 heavy (non-hydrogen) atoms. The summed E-state index contributed by atoms with van der Waals surface area (Å²) >= 11 is 0. The molecule has 0 saturated heterocycles. The molecule has 0 saturated carbocycles. The highest BCUT2D eigenvalue weighted by atomic mass is 16.3. The molecule has 0 unspecified atom stereocenters. The van der Waals surface area contributed by atoms with Crippen LogP contribution in [0.5, 0.6) is 0 Å². The largest absolute Gasteiger partial charge is 0.464 e. The van der Waals surface area contributed by atoms with Gasteiger partial charge in [0.2, 0.25) is 0 Å². The van der Waals surface area contributed by atoms with E-state index >= 15 is 0 Å². The molecule has 4 nitrogen and oxygen atoms in total. The zero-order valence-electron chi connectivity index (χ0n) is 48.9. The molecule has 0 aliphatic heterocycles. The summed E-state index contributed by atoms with van der Waals surface area (Å²) < 4.78 is 11.5. The number of benzene rings is 8. The molecule has 0 atom stereocenters. The van der Waals surface area contributed by atoms with Crippen molar-refractivity contribution in [1.82, 2.24) is 9.97 Å². The lowest BCUT2D eigenvalue weighted by molar-refractivity contribution is 0.617. The van der Waals surface area contributed by atoms with Crippen molar-refractivity contribution in [2.24, 2.45) is 0 Å². The first-order valence-corrected chi connectivity index (χ1v) is 28.6. The second kappa shape index (κ2) is 28.9. The Morgan fingerprint density at radius 3 is 1.31 bits per heavy atom. The molecule has 0 amide bonds. The van der Waals surface area contributed by atoms with Crippen molar-refractivity contribution in [2.45, 2.75) is 98.8 Å². The molecule has 4 heteroatoms. The summed E-state index contributed by atoms with van der Waals surface area (Å²) in [7, 11) is 0. The van der Waals surface area contributed by atoms with E-state index in [1.165, 1.54) is 72.1 Å². The number of hydrogen-bond donors (Lipinski definition) is 0. The third-order valence-electron chi connectivity index (χ3n) is 14.3. The number of para-hydroxylation sites is 2. The van der Waals surface area contributed by atoms with Crippen LogP contribution in [0.25, 0.3) is 77.9 Å². The molecule has 8 aromatic carbocycles. The van der Waals surface area contributed by atoms with Gasteiger partial charge < -0.3 is 8.83 Å². The predicted molar refractivity (Wildman–Crippen MR) is 345 cm³/mol. The number of pyridine rings is 2. The maximum absolute atomic E-state index is 5.89. The molecule has 12 rings (SSSR count). The van der Waals surface area contributed by atoms with Gasteiger partial charge in [-0.3, -0.25) is 9.97 Å². The highest BCUT2D eigenvalue weighted by Gasteiger charge is 2.11. The van der Waals surface area contributed by atoms with Gasteiger partial charge in [0.25, 0.3) is 0 Å². The van der Waals surface area contributed by atoms with Crippen molar-refractivity contribution in [3.05, 3.63) is 289 Å². The first-order chi connectivity index (χ1) is 39.3. The van der Waals surface area contributed by atoms with Crippen LogP contribution in [0.2, 0.25) is 0 Å². The van der Waals surface area contributed by atoms with Crippen LogP contribution in [0.1, 0.15) is 127 Å². The van der Waals surface area contributed by atoms with Crippen LogP contribution in [0, 0.1) is 0 Å². The quantitative estimate of drug-likeness (QED) is 0.137. The zero-order chi connectivity index (χ0) is 57.1. The molecule has 0 aliphatic carbocycles. The van der Waals surface area contributed by atoms with Gasteiger partial charge in [0.1, 0.15) is 16.9 Å². The number of furan rings is 2. The molecular formula is C77H78N2O2. The molecule has 0 radical (unpaired) electrons. The highest BCUT2D eigenvalue weighted by Crippen LogP contribution is 2.33. The second-order valence-corrected chi connectivity index (χ2v) is 22.0. The summed E-state index contributed by atoms with van der Waals surface area (Å²) in [4.78, 5) is 8.49. The lowest BCUT2D eigenvalue weighted by Gasteiger charge is -2.08. The summed E-state index contributed by atoms with van der Waals surface area (Å²) in [5.41, 5.74) is 19.5. The van der Waals surface area contributed by atoms with Crippen LogP contribution >= 0.6 is 0 Å². The first-order valence-electron chi connectivity index (χ1n) is 28.6. The summed E-state index contributed by atoms with van der Waals surface area (Å²) in [6, 6.07) is 82.2. The predicted octanol–water partition coefficient (Wildman–Crippen LogP) is 22.7. The van der Waals surface area contributed by atoms with Crippen LogP contribution < -0.4 is 0 Å². The Morgan fingerprint density at radius 2 is 0.765 bits per heavy atom. The minimum Gasteiger partial charge on any atom is -0.464 e. The van der Waals surface area contributed by atoms with Gasteiger partial charge in [0.05, 0.1) is 12.0 Å². The summed E-state index contributed by atoms with van der Waals surface area (Å²) in [5, 5.41) is 2.33. The number of nitrogens with zero attached hydrogens (tertiary/aromatic N) is 2. The summed E-state index contributed by atoms with van der Waals surface area (Å²) in [6.07, 6.45) is 7.39. The Balaban J connectivity index is 0.000000133. The van der Waals surface area contributed by atoms with Crippen LogP contribution in [0.3, 0.4) is 0 Å². The van der Waals surface area contributed by atoms with Gasteiger partial charge in [0.15, 0.2) is 0 Å². The number of hydrogen-bond acceptors (Lipinski definition) is 4. The van der Waals surface area contributed by atoms with Gasteiger partial charge in [-0.2, -0.15) is 0 Å². The van der Waals surface area contributed by atoms with Crippen molar-refractivity contribution in [1.29, 1.82) is 0 Å². The van der Waals surface area contributed by atoms with E-state index in [0.717, 1.165) is 33.6 Å². The van der Waals surface area contributed by atoms with E-state index in [2.05, 4.69) is 255 Å². The molecule has 4 heterocycles. The number of rotatable bonds is 10. The first kappa shape index (κ1) is 58.3. The second-order valence-electron chi connectivity index (χ2n) is 22.0. The topological polar surface area (TPSA) is 52.1 Å². The van der Waals surface area contributed by atoms with Crippen LogP contribution in [0.15, 0.2) is 270 Å². The average Bonchev–Trinajstić information content (AvgIpc) is 4.24. The van der Waals surface area contributed by atoms with Gasteiger partial charge >= 0.3 is 0 Å². The molecule has 0 bridgehead atoms. The highest BCUT2D eigenvalue weighted by molar-refractivity contribution is 5.94. The fraction of sp³-hybridized carbons (Fsp3) is 0.195. The Bertz CT molecular complexity index is 3560. The van der Waals surface area contributed by atoms with Gasteiger partial charge in [-0.05, 0) is 134 Å². The van der Waals surface area contributed by atoms with Gasteiger partial charge in [0, 0.05) is 46.1 Å². The number of aromatic nitrogens is 2. The van der Waals surface area contributed by atoms with E-state index in [-0.39, 0.29) is 0 Å². The van der Waals surface area contributed by atoms with Crippen LogP contribution in [-0.2, 0) is 0 Å². The van der Waals surface area contributed by atoms with E-state index in [1.54, 1.807) is 6.20 Å². The molecule has 0 spiro atoms. The van der Waals surface area contributed by atoms with Crippen molar-refractivity contribution in [3.63, 3.8) is 0 Å². The molecule has 0 fully saturated rings. The molecule has 0 aliphatic rings. The Kier molecular flexibility index (Phi) is 20.8. The standard InChI is InChI=1S/2C17H16O.C15H16.2C14H15N/c1-12(2)13-6-5-7-14(10-13)16-11-18-17-9-4-3-8-15(16)17;1-12(2)13-7-5-8-14(10-13)17-11-15-6-3-4-9-16(15)18-17;1-12(2)14-9-6-10-15(11-14)13-7-4-3-5-8-13;1-11(2)12-5-3-6-13(9-12)14-7-4-8-15-10-14;1-11(2)12-6-5-7-13(10-12)14-8-3-4-9-15-14/h2*3-12H,1-2H3;3-12H,1-2H3;2*3-11H,1-2H3. The van der Waals surface area contributed by atoms with E-state index in [9.17, 15) is 0 Å². The van der Waals surface area contributed by atoms with Crippen LogP contribution in [-0.4, -0.2) is 9.97 Å².